The quantitative estimate of drug-likeness (QED) is 0.703. The molecule has 13 heavy (non-hydrogen) atoms. The number of hydrogen-bond donors (Lipinski definition) is 2. The van der Waals surface area contributed by atoms with Gasteiger partial charge in [-0.2, -0.15) is 0 Å². The molecule has 0 saturated heterocycles. The Kier molecular flexibility index (Phi) is 2.51. The van der Waals surface area contributed by atoms with E-state index >= 15 is 0 Å². The SMILES string of the molecule is [2H]C(=O)NC(C)c1nc(C(=O)O)cs1. The van der Waals surface area contributed by atoms with Crippen molar-refractivity contribution in [3.8, 4) is 0 Å². The van der Waals surface area contributed by atoms with Crippen LogP contribution in [0.1, 0.15) is 29.8 Å². The van der Waals surface area contributed by atoms with Gasteiger partial charge >= 0.3 is 5.97 Å². The lowest BCUT2D eigenvalue weighted by Gasteiger charge is -2.04. The molecule has 0 aliphatic carbocycles. The van der Waals surface area contributed by atoms with E-state index in [1.165, 1.54) is 5.38 Å². The molecule has 1 unspecified atom stereocenters. The van der Waals surface area contributed by atoms with Gasteiger partial charge in [-0.05, 0) is 6.92 Å². The van der Waals surface area contributed by atoms with Crippen molar-refractivity contribution >= 4 is 23.7 Å². The number of thiazole rings is 1. The van der Waals surface area contributed by atoms with Crippen LogP contribution in [-0.2, 0) is 4.79 Å². The van der Waals surface area contributed by atoms with Crippen molar-refractivity contribution in [1.29, 1.82) is 0 Å². The van der Waals surface area contributed by atoms with Crippen LogP contribution in [0.25, 0.3) is 0 Å². The number of carbonyl (C=O) groups is 2. The van der Waals surface area contributed by atoms with Crippen molar-refractivity contribution in [2.45, 2.75) is 13.0 Å². The zero-order valence-corrected chi connectivity index (χ0v) is 7.59. The van der Waals surface area contributed by atoms with Gasteiger partial charge in [-0.3, -0.25) is 4.79 Å². The van der Waals surface area contributed by atoms with Crippen LogP contribution in [0.15, 0.2) is 5.38 Å². The summed E-state index contributed by atoms with van der Waals surface area (Å²) in [5, 5.41) is 12.7. The first-order valence-electron chi connectivity index (χ1n) is 3.96. The summed E-state index contributed by atoms with van der Waals surface area (Å²) in [7, 11) is 0. The molecule has 1 rings (SSSR count). The molecule has 5 nitrogen and oxygen atoms in total. The van der Waals surface area contributed by atoms with E-state index in [4.69, 9.17) is 6.48 Å². The lowest BCUT2D eigenvalue weighted by Crippen LogP contribution is -2.16. The molecule has 1 aromatic heterocycles. The minimum absolute atomic E-state index is 0.0453. The Balaban J connectivity index is 2.76. The molecule has 0 aromatic carbocycles. The van der Waals surface area contributed by atoms with Crippen molar-refractivity contribution in [3.63, 3.8) is 0 Å². The molecule has 0 fully saturated rings. The van der Waals surface area contributed by atoms with Gasteiger partial charge in [-0.15, -0.1) is 11.3 Å². The van der Waals surface area contributed by atoms with Crippen LogP contribution in [0.5, 0.6) is 0 Å². The Morgan fingerprint density at radius 3 is 3.15 bits per heavy atom. The van der Waals surface area contributed by atoms with Crippen molar-refractivity contribution in [2.24, 2.45) is 0 Å². The van der Waals surface area contributed by atoms with E-state index < -0.39 is 18.4 Å². The van der Waals surface area contributed by atoms with Crippen LogP contribution in [0, 0.1) is 0 Å². The highest BCUT2D eigenvalue weighted by molar-refractivity contribution is 7.09. The second-order valence-electron chi connectivity index (χ2n) is 2.34. The summed E-state index contributed by atoms with van der Waals surface area (Å²) in [5.41, 5.74) is -0.0453. The van der Waals surface area contributed by atoms with Crippen molar-refractivity contribution in [1.82, 2.24) is 10.3 Å². The lowest BCUT2D eigenvalue weighted by atomic mass is 10.3. The molecular weight excluding hydrogens is 192 g/mol. The molecule has 2 N–H and O–H groups in total. The van der Waals surface area contributed by atoms with Crippen LogP contribution in [0.3, 0.4) is 0 Å². The fourth-order valence-corrected chi connectivity index (χ4v) is 1.53. The van der Waals surface area contributed by atoms with Gasteiger partial charge in [-0.25, -0.2) is 9.78 Å². The third-order valence-electron chi connectivity index (χ3n) is 1.39. The first kappa shape index (κ1) is 8.18. The molecule has 0 radical (unpaired) electrons. The van der Waals surface area contributed by atoms with Crippen molar-refractivity contribution in [2.75, 3.05) is 0 Å². The summed E-state index contributed by atoms with van der Waals surface area (Å²) in [6.07, 6.45) is -0.912. The van der Waals surface area contributed by atoms with E-state index in [1.807, 2.05) is 0 Å². The summed E-state index contributed by atoms with van der Waals surface area (Å²) in [6.45, 7) is 1.64. The number of aromatic nitrogens is 1. The molecule has 1 aromatic rings. The first-order chi connectivity index (χ1) is 6.50. The van der Waals surface area contributed by atoms with E-state index in [0.29, 0.717) is 5.01 Å². The third kappa shape index (κ3) is 2.25. The molecule has 1 amide bonds. The van der Waals surface area contributed by atoms with E-state index in [2.05, 4.69) is 10.3 Å². The van der Waals surface area contributed by atoms with Crippen LogP contribution >= 0.6 is 11.3 Å². The lowest BCUT2D eigenvalue weighted by molar-refractivity contribution is -0.110. The first-order valence-corrected chi connectivity index (χ1v) is 4.34. The maximum Gasteiger partial charge on any atom is 0.355 e. The van der Waals surface area contributed by atoms with Gasteiger partial charge in [0.25, 0.3) is 0 Å². The van der Waals surface area contributed by atoms with Crippen LogP contribution in [0.4, 0.5) is 0 Å². The number of carboxylic acid groups (broad SMARTS) is 1. The topological polar surface area (TPSA) is 79.3 Å². The number of aromatic carboxylic acids is 1. The highest BCUT2D eigenvalue weighted by Crippen LogP contribution is 2.17. The van der Waals surface area contributed by atoms with Crippen molar-refractivity contribution < 1.29 is 16.1 Å². The smallest absolute Gasteiger partial charge is 0.355 e. The van der Waals surface area contributed by atoms with E-state index in [0.717, 1.165) is 11.3 Å². The van der Waals surface area contributed by atoms with Gasteiger partial charge in [0.05, 0.1) is 6.04 Å². The molecular formula is C7H8N2O3S. The summed E-state index contributed by atoms with van der Waals surface area (Å²) < 4.78 is 6.66. The number of rotatable bonds is 3. The Morgan fingerprint density at radius 2 is 2.69 bits per heavy atom. The van der Waals surface area contributed by atoms with E-state index in [-0.39, 0.29) is 5.69 Å². The predicted octanol–water partition coefficient (Wildman–Crippen LogP) is 0.648. The Labute approximate surface area is 79.8 Å². The predicted molar refractivity (Wildman–Crippen MR) is 46.7 cm³/mol. The summed E-state index contributed by atoms with van der Waals surface area (Å²) >= 11 is 1.14. The summed E-state index contributed by atoms with van der Waals surface area (Å²) in [4.78, 5) is 24.6. The Morgan fingerprint density at radius 1 is 2.00 bits per heavy atom. The minimum atomic E-state index is -1.10. The molecule has 0 aliphatic rings. The number of hydrogen-bond acceptors (Lipinski definition) is 4. The van der Waals surface area contributed by atoms with E-state index in [9.17, 15) is 9.59 Å². The second-order valence-corrected chi connectivity index (χ2v) is 3.23. The molecule has 1 atom stereocenters. The highest BCUT2D eigenvalue weighted by Gasteiger charge is 2.12. The van der Waals surface area contributed by atoms with Crippen LogP contribution < -0.4 is 5.32 Å². The number of carboxylic acids is 1. The number of nitrogens with one attached hydrogen (secondary N) is 1. The number of carbonyl (C=O) groups excluding carboxylic acids is 1. The summed E-state index contributed by atoms with van der Waals surface area (Å²) in [5.74, 6) is -1.10. The minimum Gasteiger partial charge on any atom is -0.476 e. The van der Waals surface area contributed by atoms with Gasteiger partial charge in [0.1, 0.15) is 6.38 Å². The maximum absolute atomic E-state index is 10.5. The maximum atomic E-state index is 10.5. The fraction of sp³-hybridized carbons (Fsp3) is 0.286. The third-order valence-corrected chi connectivity index (χ3v) is 2.41. The average molecular weight is 201 g/mol. The molecule has 0 aliphatic heterocycles. The Hall–Kier alpha value is -1.43. The molecule has 70 valence electrons. The molecule has 0 bridgehead atoms. The van der Waals surface area contributed by atoms with Gasteiger partial charge in [0, 0.05) is 5.38 Å². The van der Waals surface area contributed by atoms with Crippen LogP contribution in [0.2, 0.25) is 0 Å². The molecule has 0 spiro atoms. The fourth-order valence-electron chi connectivity index (χ4n) is 0.735. The Bertz CT molecular complexity index is 366. The van der Waals surface area contributed by atoms with Crippen molar-refractivity contribution in [3.05, 3.63) is 16.1 Å². The van der Waals surface area contributed by atoms with Gasteiger partial charge < -0.3 is 10.4 Å². The van der Waals surface area contributed by atoms with E-state index in [1.54, 1.807) is 6.92 Å². The number of amides is 1. The zero-order valence-electron chi connectivity index (χ0n) is 7.77. The highest BCUT2D eigenvalue weighted by atomic mass is 32.1. The zero-order chi connectivity index (χ0) is 10.7. The molecule has 1 heterocycles. The average Bonchev–Trinajstić information content (AvgIpc) is 2.50. The second kappa shape index (κ2) is 3.99. The summed E-state index contributed by atoms with van der Waals surface area (Å²) in [6, 6.07) is -0.432. The van der Waals surface area contributed by atoms with Gasteiger partial charge in [0.2, 0.25) is 6.39 Å². The normalized spacial score (nSPS) is 13.2. The van der Waals surface area contributed by atoms with Gasteiger partial charge in [-0.1, -0.05) is 0 Å². The molecule has 0 saturated carbocycles. The largest absolute Gasteiger partial charge is 0.476 e. The standard InChI is InChI=1S/C7H8N2O3S/c1-4(8-3-10)6-9-5(2-13-6)7(11)12/h2-4H,1H3,(H,8,10)(H,11,12)/i3D. The number of nitrogens with zero attached hydrogens (tertiary/aromatic N) is 1. The van der Waals surface area contributed by atoms with Crippen LogP contribution in [-0.4, -0.2) is 22.4 Å². The monoisotopic (exact) mass is 201 g/mol. The van der Waals surface area contributed by atoms with Gasteiger partial charge in [0.15, 0.2) is 5.69 Å². The molecule has 6 heteroatoms.